The molecule has 3 unspecified atom stereocenters. The van der Waals surface area contributed by atoms with Crippen molar-refractivity contribution in [1.82, 2.24) is 0 Å². The van der Waals surface area contributed by atoms with E-state index in [9.17, 15) is 20.4 Å². The SMILES string of the molecule is CC(Oc1ccc2ccccc2c1[S+]1CCCC1)C1CC1.C[S+](C)c1ccc(O)c2ccc(O)cc12.Cc1cc([S+]2CCCC2)cc(C)c1O.Cc1cc([S+]2CCCC2C)cc(C)c1O.c1cc(OC2CCCCCC2)c2c([S+]3CCCC3)ccc(OC3CCCCCC3)c2c1. The topological polar surface area (TPSA) is 109 Å². The fourth-order valence-corrected chi connectivity index (χ4v) is 26.2. The van der Waals surface area contributed by atoms with Crippen molar-refractivity contribution in [3.8, 4) is 40.2 Å². The van der Waals surface area contributed by atoms with Gasteiger partial charge in [0.2, 0.25) is 4.90 Å². The molecule has 4 heterocycles. The van der Waals surface area contributed by atoms with Crippen molar-refractivity contribution in [2.75, 3.05) is 52.8 Å². The molecule has 0 bridgehead atoms. The van der Waals surface area contributed by atoms with Crippen LogP contribution in [-0.2, 0) is 54.5 Å². The number of rotatable bonds is 12. The van der Waals surface area contributed by atoms with Crippen LogP contribution in [0, 0.1) is 33.6 Å². The van der Waals surface area contributed by atoms with Crippen LogP contribution >= 0.6 is 0 Å². The molecule has 15 rings (SSSR count). The van der Waals surface area contributed by atoms with Gasteiger partial charge >= 0.3 is 0 Å². The maximum Gasteiger partial charge on any atom is 0.204 e. The lowest BCUT2D eigenvalue weighted by Gasteiger charge is -2.22. The molecule has 96 heavy (non-hydrogen) atoms. The quantitative estimate of drug-likeness (QED) is 0.0713. The van der Waals surface area contributed by atoms with Crippen LogP contribution in [0.5, 0.6) is 40.2 Å². The second-order valence-electron chi connectivity index (χ2n) is 28.3. The highest BCUT2D eigenvalue weighted by Crippen LogP contribution is 2.44. The minimum Gasteiger partial charge on any atom is -0.508 e. The van der Waals surface area contributed by atoms with Gasteiger partial charge in [0.15, 0.2) is 25.3 Å². The van der Waals surface area contributed by atoms with E-state index in [0.29, 0.717) is 73.4 Å². The van der Waals surface area contributed by atoms with Gasteiger partial charge in [-0.3, -0.25) is 0 Å². The first-order valence-electron chi connectivity index (χ1n) is 36.5. The van der Waals surface area contributed by atoms with Crippen LogP contribution in [0.15, 0.2) is 146 Å². The minimum atomic E-state index is 0.108. The molecular formula is C84H111O7S5+5. The van der Waals surface area contributed by atoms with E-state index in [2.05, 4.69) is 117 Å². The van der Waals surface area contributed by atoms with Gasteiger partial charge in [-0.05, 0) is 276 Å². The first-order valence-corrected chi connectivity index (χ1v) is 44.7. The Morgan fingerprint density at radius 2 is 0.979 bits per heavy atom. The zero-order chi connectivity index (χ0) is 67.2. The van der Waals surface area contributed by atoms with Crippen molar-refractivity contribution in [1.29, 1.82) is 0 Å². The van der Waals surface area contributed by atoms with E-state index in [1.165, 1.54) is 233 Å². The molecule has 0 amide bonds. The smallest absolute Gasteiger partial charge is 0.204 e. The van der Waals surface area contributed by atoms with E-state index in [0.717, 1.165) is 55.7 Å². The lowest BCUT2D eigenvalue weighted by molar-refractivity contribution is 0.183. The van der Waals surface area contributed by atoms with Gasteiger partial charge in [0, 0.05) is 76.0 Å². The van der Waals surface area contributed by atoms with Gasteiger partial charge in [0.1, 0.15) is 92.5 Å². The van der Waals surface area contributed by atoms with Crippen LogP contribution in [0.3, 0.4) is 0 Å². The molecule has 7 aliphatic rings. The summed E-state index contributed by atoms with van der Waals surface area (Å²) in [6.07, 6.45) is 34.5. The normalized spacial score (nSPS) is 20.1. The summed E-state index contributed by atoms with van der Waals surface area (Å²) in [6, 6.07) is 42.0. The van der Waals surface area contributed by atoms with E-state index >= 15 is 0 Å². The van der Waals surface area contributed by atoms with E-state index < -0.39 is 0 Å². The molecule has 4 aliphatic heterocycles. The van der Waals surface area contributed by atoms with Gasteiger partial charge in [0.05, 0.1) is 23.7 Å². The second kappa shape index (κ2) is 34.8. The number of aromatic hydroxyl groups is 4. The van der Waals surface area contributed by atoms with Crippen LogP contribution in [0.25, 0.3) is 32.3 Å². The van der Waals surface area contributed by atoms with Crippen LogP contribution in [0.4, 0.5) is 0 Å². The Bertz CT molecular complexity index is 3780. The van der Waals surface area contributed by atoms with Gasteiger partial charge < -0.3 is 34.6 Å². The Kier molecular flexibility index (Phi) is 26.1. The molecule has 3 aliphatic carbocycles. The Labute approximate surface area is 590 Å². The van der Waals surface area contributed by atoms with E-state index in [-0.39, 0.29) is 22.4 Å². The summed E-state index contributed by atoms with van der Waals surface area (Å²) in [5, 5.41) is 46.5. The highest BCUT2D eigenvalue weighted by Gasteiger charge is 2.38. The maximum absolute atomic E-state index is 9.74. The average molecular weight is 1390 g/mol. The third-order valence-corrected chi connectivity index (χ3v) is 32.2. The van der Waals surface area contributed by atoms with Crippen molar-refractivity contribution in [3.05, 3.63) is 144 Å². The zero-order valence-corrected chi connectivity index (χ0v) is 63.1. The molecule has 514 valence electrons. The zero-order valence-electron chi connectivity index (χ0n) is 59.0. The Hall–Kier alpha value is -5.11. The molecule has 12 heteroatoms. The first kappa shape index (κ1) is 72.2. The second-order valence-corrected chi connectivity index (χ2v) is 39.7. The molecule has 7 fully saturated rings. The molecule has 0 radical (unpaired) electrons. The number of hydrogen-bond donors (Lipinski definition) is 4. The van der Waals surface area contributed by atoms with Crippen molar-refractivity contribution >= 4 is 86.8 Å². The van der Waals surface area contributed by atoms with Crippen molar-refractivity contribution < 1.29 is 34.6 Å². The molecule has 3 saturated carbocycles. The van der Waals surface area contributed by atoms with Crippen LogP contribution in [-0.4, -0.2) is 96.8 Å². The monoisotopic (exact) mass is 1390 g/mol. The Morgan fingerprint density at radius 3 is 1.55 bits per heavy atom. The molecule has 4 N–H and O–H groups in total. The third kappa shape index (κ3) is 18.6. The number of fused-ring (bicyclic) bond motifs is 3. The molecule has 8 aromatic carbocycles. The lowest BCUT2D eigenvalue weighted by atomic mass is 10.1. The third-order valence-electron chi connectivity index (χ3n) is 20.7. The molecule has 4 saturated heterocycles. The highest BCUT2D eigenvalue weighted by molar-refractivity contribution is 7.98. The number of phenols is 4. The first-order chi connectivity index (χ1) is 46.6. The number of benzene rings is 8. The van der Waals surface area contributed by atoms with Crippen molar-refractivity contribution in [2.24, 2.45) is 5.92 Å². The molecule has 7 nitrogen and oxygen atoms in total. The lowest BCUT2D eigenvalue weighted by Crippen LogP contribution is -2.17. The summed E-state index contributed by atoms with van der Waals surface area (Å²) in [5.74, 6) is 15.0. The van der Waals surface area contributed by atoms with Gasteiger partial charge in [-0.2, -0.15) is 0 Å². The van der Waals surface area contributed by atoms with E-state index in [4.69, 9.17) is 14.2 Å². The van der Waals surface area contributed by atoms with Gasteiger partial charge in [-0.1, -0.05) is 62.1 Å². The van der Waals surface area contributed by atoms with Gasteiger partial charge in [0.25, 0.3) is 0 Å². The van der Waals surface area contributed by atoms with E-state index in [1.807, 2.05) is 33.8 Å². The number of ether oxygens (including phenoxy) is 3. The fraction of sp³-hybridized carbons (Fsp3) is 0.500. The van der Waals surface area contributed by atoms with E-state index in [1.54, 1.807) is 24.3 Å². The number of hydrogen-bond acceptors (Lipinski definition) is 7. The average Bonchev–Trinajstić information content (AvgIpc) is 1.29. The van der Waals surface area contributed by atoms with Crippen LogP contribution in [0.2, 0.25) is 0 Å². The molecule has 8 aromatic rings. The molecule has 0 spiro atoms. The summed E-state index contributed by atoms with van der Waals surface area (Å²) in [5.41, 5.74) is 4.10. The Balaban J connectivity index is 0.000000127. The Morgan fingerprint density at radius 1 is 0.438 bits per heavy atom. The van der Waals surface area contributed by atoms with Crippen LogP contribution in [0.1, 0.15) is 177 Å². The molecule has 3 atom stereocenters. The number of aryl methyl sites for hydroxylation is 4. The van der Waals surface area contributed by atoms with Crippen LogP contribution < -0.4 is 14.2 Å². The molecule has 0 aromatic heterocycles. The summed E-state index contributed by atoms with van der Waals surface area (Å²) >= 11 is 0. The van der Waals surface area contributed by atoms with Gasteiger partial charge in [-0.25, -0.2) is 0 Å². The fourth-order valence-electron chi connectivity index (χ4n) is 15.0. The number of phenolic OH excluding ortho intramolecular Hbond substituents is 4. The largest absolute Gasteiger partial charge is 0.508 e. The molecular weight excluding hydrogens is 1280 g/mol. The van der Waals surface area contributed by atoms with Gasteiger partial charge in [-0.15, -0.1) is 0 Å². The van der Waals surface area contributed by atoms with Crippen molar-refractivity contribution in [2.45, 2.75) is 231 Å². The highest BCUT2D eigenvalue weighted by atomic mass is 32.2. The predicted molar refractivity (Wildman–Crippen MR) is 418 cm³/mol. The summed E-state index contributed by atoms with van der Waals surface area (Å²) < 4.78 is 19.8. The van der Waals surface area contributed by atoms with Crippen molar-refractivity contribution in [3.63, 3.8) is 0 Å². The maximum atomic E-state index is 9.74. The predicted octanol–water partition coefficient (Wildman–Crippen LogP) is 21.0. The standard InChI is InChI=1S/C28H39O2S.C19H23OS.C13H18OS.C12H12O2S.C12H16OS/c1-2-6-13-22(12-5-1)29-25-18-19-27(31-20-9-10-21-31)28-24(25)16-11-17-26(28)30-23-14-7-3-4-8-15-23;1-14(15-8-9-15)20-18-11-10-16-6-2-3-7-17(16)19(18)21-12-4-5-13-21;1-9-7-12(8-10(2)13(9)14)15-6-4-5-11(15)3;1-15(2)12-6-5-11(14)9-4-3-8(13)7-10(9)12;1-9-7-11(8-10(2)12(9)13)14-5-3-4-6-14/h11,16-19,22-23H,1-10,12-15,20-21H2;2-3,6-7,10-11,14-15H,4-5,8-9,12-13H2,1H3;7-8,11H,4-6H2,1-3H3;3-7H,1-2H3,(H-,13,14);7-8H,3-6H2,1-2H3/q2*+1;;;/p+3. The summed E-state index contributed by atoms with van der Waals surface area (Å²) in [7, 11) is 1.75. The minimum absolute atomic E-state index is 0.108. The summed E-state index contributed by atoms with van der Waals surface area (Å²) in [4.78, 5) is 7.12. The summed E-state index contributed by atoms with van der Waals surface area (Å²) in [6.45, 7) is 12.6.